The number of carbonyl (C=O) groups is 2. The summed E-state index contributed by atoms with van der Waals surface area (Å²) in [6, 6.07) is 11.4. The van der Waals surface area contributed by atoms with Crippen LogP contribution in [0.5, 0.6) is 5.75 Å². The Balaban J connectivity index is 1.94. The Bertz CT molecular complexity index is 782. The molecule has 7 heteroatoms. The predicted molar refractivity (Wildman–Crippen MR) is 100 cm³/mol. The second-order valence-corrected chi connectivity index (χ2v) is 6.68. The molecule has 0 saturated carbocycles. The van der Waals surface area contributed by atoms with Crippen LogP contribution in [0.2, 0.25) is 0 Å². The number of aliphatic carboxylic acids is 1. The molecule has 0 atom stereocenters. The highest BCUT2D eigenvalue weighted by Crippen LogP contribution is 2.21. The summed E-state index contributed by atoms with van der Waals surface area (Å²) in [5.41, 5.74) is 2.11. The first-order valence-corrected chi connectivity index (χ1v) is 9.14. The summed E-state index contributed by atoms with van der Waals surface area (Å²) in [6.07, 6.45) is 0.120. The van der Waals surface area contributed by atoms with Gasteiger partial charge < -0.3 is 15.2 Å². The van der Waals surface area contributed by atoms with E-state index in [0.717, 1.165) is 5.56 Å². The zero-order valence-electron chi connectivity index (χ0n) is 14.3. The lowest BCUT2D eigenvalue weighted by atomic mass is 10.1. The second-order valence-electron chi connectivity index (χ2n) is 5.58. The zero-order chi connectivity index (χ0) is 18.9. The molecular formula is C19H20FNO4S. The van der Waals surface area contributed by atoms with Crippen LogP contribution in [-0.2, 0) is 21.8 Å². The van der Waals surface area contributed by atoms with Crippen LogP contribution in [0.25, 0.3) is 0 Å². The van der Waals surface area contributed by atoms with E-state index in [-0.39, 0.29) is 18.7 Å². The number of hydrogen-bond acceptors (Lipinski definition) is 4. The van der Waals surface area contributed by atoms with E-state index in [4.69, 9.17) is 9.84 Å². The van der Waals surface area contributed by atoms with Gasteiger partial charge in [-0.3, -0.25) is 9.59 Å². The third-order valence-corrected chi connectivity index (χ3v) is 4.56. The van der Waals surface area contributed by atoms with Gasteiger partial charge in [-0.15, -0.1) is 0 Å². The molecular weight excluding hydrogens is 357 g/mol. The van der Waals surface area contributed by atoms with Crippen molar-refractivity contribution in [1.29, 1.82) is 0 Å². The van der Waals surface area contributed by atoms with Crippen LogP contribution in [-0.4, -0.2) is 29.8 Å². The fraction of sp³-hybridized carbons (Fsp3) is 0.263. The van der Waals surface area contributed by atoms with Gasteiger partial charge in [-0.2, -0.15) is 11.8 Å². The van der Waals surface area contributed by atoms with E-state index in [2.05, 4.69) is 5.32 Å². The molecule has 0 radical (unpaired) electrons. The molecule has 0 bridgehead atoms. The smallest absolute Gasteiger partial charge is 0.304 e. The molecule has 0 heterocycles. The Labute approximate surface area is 155 Å². The third-order valence-electron chi connectivity index (χ3n) is 3.53. The minimum atomic E-state index is -0.814. The average Bonchev–Trinajstić information content (AvgIpc) is 2.59. The number of thioether (sulfide) groups is 1. The summed E-state index contributed by atoms with van der Waals surface area (Å²) >= 11 is 1.52. The maximum absolute atomic E-state index is 13.4. The highest BCUT2D eigenvalue weighted by Gasteiger charge is 2.10. The summed E-state index contributed by atoms with van der Waals surface area (Å²) in [4.78, 5) is 22.8. The van der Waals surface area contributed by atoms with E-state index in [9.17, 15) is 14.0 Å². The fourth-order valence-electron chi connectivity index (χ4n) is 2.35. The van der Waals surface area contributed by atoms with Crippen molar-refractivity contribution in [2.75, 3.05) is 18.2 Å². The highest BCUT2D eigenvalue weighted by atomic mass is 32.2. The molecule has 2 aromatic carbocycles. The lowest BCUT2D eigenvalue weighted by Crippen LogP contribution is -2.15. The Morgan fingerprint density at radius 3 is 2.77 bits per heavy atom. The number of carboxylic acid groups (broad SMARTS) is 1. The zero-order valence-corrected chi connectivity index (χ0v) is 15.1. The monoisotopic (exact) mass is 377 g/mol. The molecule has 2 rings (SSSR count). The van der Waals surface area contributed by atoms with E-state index in [0.29, 0.717) is 28.5 Å². The van der Waals surface area contributed by atoms with Gasteiger partial charge in [0, 0.05) is 22.8 Å². The molecule has 2 aromatic rings. The first-order valence-electron chi connectivity index (χ1n) is 7.98. The van der Waals surface area contributed by atoms with Crippen LogP contribution in [0.3, 0.4) is 0 Å². The highest BCUT2D eigenvalue weighted by molar-refractivity contribution is 7.98. The van der Waals surface area contributed by atoms with Gasteiger partial charge in [0.05, 0.1) is 20.0 Å². The number of methoxy groups -OCH3 is 1. The van der Waals surface area contributed by atoms with Gasteiger partial charge in [-0.25, -0.2) is 4.39 Å². The van der Waals surface area contributed by atoms with Gasteiger partial charge in [0.1, 0.15) is 11.6 Å². The average molecular weight is 377 g/mol. The first-order chi connectivity index (χ1) is 12.5. The number of amides is 1. The Kier molecular flexibility index (Phi) is 7.47. The van der Waals surface area contributed by atoms with E-state index < -0.39 is 11.8 Å². The van der Waals surface area contributed by atoms with Gasteiger partial charge in [-0.1, -0.05) is 12.1 Å². The summed E-state index contributed by atoms with van der Waals surface area (Å²) in [5, 5.41) is 11.4. The normalized spacial score (nSPS) is 10.4. The van der Waals surface area contributed by atoms with E-state index in [1.54, 1.807) is 6.07 Å². The molecule has 0 spiro atoms. The van der Waals surface area contributed by atoms with Crippen LogP contribution in [0.4, 0.5) is 10.1 Å². The van der Waals surface area contributed by atoms with Crippen LogP contribution in [0.1, 0.15) is 17.5 Å². The van der Waals surface area contributed by atoms with Gasteiger partial charge in [0.15, 0.2) is 0 Å². The molecule has 0 aliphatic carbocycles. The standard InChI is InChI=1S/C19H20FNO4S/c1-25-17-6-5-15(20)10-14(17)11-18(22)21-16-4-2-3-13(9-16)12-26-8-7-19(23)24/h2-6,9-10H,7-8,11-12H2,1H3,(H,21,22)(H,23,24). The van der Waals surface area contributed by atoms with Crippen LogP contribution in [0, 0.1) is 5.82 Å². The summed E-state index contributed by atoms with van der Waals surface area (Å²) < 4.78 is 18.5. The van der Waals surface area contributed by atoms with Crippen LogP contribution < -0.4 is 10.1 Å². The fourth-order valence-corrected chi connectivity index (χ4v) is 3.23. The molecule has 0 aromatic heterocycles. The third kappa shape index (κ3) is 6.40. The molecule has 138 valence electrons. The van der Waals surface area contributed by atoms with Crippen LogP contribution in [0.15, 0.2) is 42.5 Å². The number of nitrogens with one attached hydrogen (secondary N) is 1. The minimum Gasteiger partial charge on any atom is -0.496 e. The maximum atomic E-state index is 13.4. The first kappa shape index (κ1) is 19.8. The van der Waals surface area contributed by atoms with Crippen molar-refractivity contribution in [2.24, 2.45) is 0 Å². The summed E-state index contributed by atoms with van der Waals surface area (Å²) in [5.74, 6) is 0.148. The SMILES string of the molecule is COc1ccc(F)cc1CC(=O)Nc1cccc(CSCCC(=O)O)c1. The summed E-state index contributed by atoms with van der Waals surface area (Å²) in [7, 11) is 1.47. The maximum Gasteiger partial charge on any atom is 0.304 e. The number of ether oxygens (including phenoxy) is 1. The number of carboxylic acids is 1. The van der Waals surface area contributed by atoms with Crippen LogP contribution >= 0.6 is 11.8 Å². The van der Waals surface area contributed by atoms with Gasteiger partial charge in [0.2, 0.25) is 5.91 Å². The minimum absolute atomic E-state index is 0.00147. The lowest BCUT2D eigenvalue weighted by molar-refractivity contribution is -0.136. The van der Waals surface area contributed by atoms with Crippen molar-refractivity contribution in [1.82, 2.24) is 0 Å². The Morgan fingerprint density at radius 1 is 1.23 bits per heavy atom. The second kappa shape index (κ2) is 9.82. The topological polar surface area (TPSA) is 75.6 Å². The Morgan fingerprint density at radius 2 is 2.04 bits per heavy atom. The molecule has 0 fully saturated rings. The number of benzene rings is 2. The molecule has 0 unspecified atom stereocenters. The Hall–Kier alpha value is -2.54. The number of rotatable bonds is 9. The summed E-state index contributed by atoms with van der Waals surface area (Å²) in [6.45, 7) is 0. The van der Waals surface area contributed by atoms with Crippen molar-refractivity contribution in [3.05, 3.63) is 59.4 Å². The number of anilines is 1. The molecule has 26 heavy (non-hydrogen) atoms. The largest absolute Gasteiger partial charge is 0.496 e. The van der Waals surface area contributed by atoms with Crippen molar-refractivity contribution in [3.63, 3.8) is 0 Å². The molecule has 0 saturated heterocycles. The van der Waals surface area contributed by atoms with Crippen molar-refractivity contribution in [3.8, 4) is 5.75 Å². The number of carbonyl (C=O) groups excluding carboxylic acids is 1. The van der Waals surface area contributed by atoms with Crippen molar-refractivity contribution < 1.29 is 23.8 Å². The lowest BCUT2D eigenvalue weighted by Gasteiger charge is -2.10. The molecule has 0 aliphatic rings. The van der Waals surface area contributed by atoms with E-state index in [1.807, 2.05) is 18.2 Å². The number of halogens is 1. The molecule has 5 nitrogen and oxygen atoms in total. The van der Waals surface area contributed by atoms with Gasteiger partial charge in [0.25, 0.3) is 0 Å². The quantitative estimate of drug-likeness (QED) is 0.652. The molecule has 2 N–H and O–H groups in total. The van der Waals surface area contributed by atoms with E-state index in [1.165, 1.54) is 37.1 Å². The molecule has 0 aliphatic heterocycles. The van der Waals surface area contributed by atoms with E-state index >= 15 is 0 Å². The molecule has 1 amide bonds. The van der Waals surface area contributed by atoms with Gasteiger partial charge >= 0.3 is 5.97 Å². The predicted octanol–water partition coefficient (Wildman–Crippen LogP) is 3.72. The van der Waals surface area contributed by atoms with Crippen molar-refractivity contribution >= 4 is 29.3 Å². The van der Waals surface area contributed by atoms with Gasteiger partial charge in [-0.05, 0) is 35.9 Å². The number of hydrogen-bond donors (Lipinski definition) is 2. The van der Waals surface area contributed by atoms with Crippen molar-refractivity contribution in [2.45, 2.75) is 18.6 Å².